The Hall–Kier alpha value is -2.89. The molecule has 0 spiro atoms. The summed E-state index contributed by atoms with van der Waals surface area (Å²) in [4.78, 5) is 13.7. The van der Waals surface area contributed by atoms with Crippen LogP contribution in [0.25, 0.3) is 0 Å². The number of nitrogens with two attached hydrogens (primary N) is 1. The van der Waals surface area contributed by atoms with Crippen molar-refractivity contribution in [3.8, 4) is 5.75 Å². The zero-order valence-electron chi connectivity index (χ0n) is 11.4. The minimum atomic E-state index is -1.31. The van der Waals surface area contributed by atoms with Crippen molar-refractivity contribution in [2.24, 2.45) is 5.73 Å². The second kappa shape index (κ2) is 4.90. The lowest BCUT2D eigenvalue weighted by Gasteiger charge is -2.28. The third-order valence-electron chi connectivity index (χ3n) is 3.34. The van der Waals surface area contributed by atoms with Gasteiger partial charge < -0.3 is 25.4 Å². The maximum atomic E-state index is 11.9. The highest BCUT2D eigenvalue weighted by molar-refractivity contribution is 5.87. The maximum Gasteiger partial charge on any atom is 0.267 e. The van der Waals surface area contributed by atoms with E-state index in [-0.39, 0.29) is 0 Å². The lowest BCUT2D eigenvalue weighted by atomic mass is 10.0. The number of hydrogen-bond donors (Lipinski definition) is 2. The molecule has 1 atom stereocenters. The van der Waals surface area contributed by atoms with Crippen molar-refractivity contribution in [3.05, 3.63) is 66.8 Å². The van der Waals surface area contributed by atoms with Gasteiger partial charge in [0.05, 0.1) is 5.70 Å². The van der Waals surface area contributed by atoms with Gasteiger partial charge in [0, 0.05) is 12.4 Å². The number of nitrogens with zero attached hydrogens (tertiary/aromatic N) is 1. The van der Waals surface area contributed by atoms with E-state index in [4.69, 9.17) is 15.2 Å². The molecule has 6 heteroatoms. The molecule has 108 valence electrons. The van der Waals surface area contributed by atoms with Gasteiger partial charge in [-0.3, -0.25) is 4.79 Å². The largest absolute Gasteiger partial charge is 0.471 e. The first-order valence-corrected chi connectivity index (χ1v) is 6.43. The second-order valence-corrected chi connectivity index (χ2v) is 4.81. The van der Waals surface area contributed by atoms with Crippen molar-refractivity contribution in [3.63, 3.8) is 0 Å². The van der Waals surface area contributed by atoms with Crippen LogP contribution in [0.4, 0.5) is 0 Å². The predicted octanol–water partition coefficient (Wildman–Crippen LogP) is 1.36. The van der Waals surface area contributed by atoms with Gasteiger partial charge in [-0.1, -0.05) is 18.2 Å². The SMILES string of the molecule is CC(Oc1ccccc1)(C(N)=O)C1=CN2C=COC=C2N1. The summed E-state index contributed by atoms with van der Waals surface area (Å²) in [7, 11) is 0. The molecule has 2 aliphatic rings. The number of ether oxygens (including phenoxy) is 2. The summed E-state index contributed by atoms with van der Waals surface area (Å²) < 4.78 is 10.9. The van der Waals surface area contributed by atoms with E-state index in [1.165, 1.54) is 12.5 Å². The van der Waals surface area contributed by atoms with Crippen molar-refractivity contribution in [2.75, 3.05) is 0 Å². The molecule has 0 aliphatic carbocycles. The van der Waals surface area contributed by atoms with Crippen LogP contribution in [0.3, 0.4) is 0 Å². The monoisotopic (exact) mass is 285 g/mol. The summed E-state index contributed by atoms with van der Waals surface area (Å²) in [5.41, 5.74) is 4.79. The number of rotatable bonds is 4. The van der Waals surface area contributed by atoms with E-state index >= 15 is 0 Å². The van der Waals surface area contributed by atoms with Gasteiger partial charge in [-0.25, -0.2) is 0 Å². The summed E-state index contributed by atoms with van der Waals surface area (Å²) >= 11 is 0. The van der Waals surface area contributed by atoms with Crippen LogP contribution >= 0.6 is 0 Å². The van der Waals surface area contributed by atoms with E-state index in [0.717, 1.165) is 0 Å². The molecule has 3 N–H and O–H groups in total. The lowest BCUT2D eigenvalue weighted by molar-refractivity contribution is -0.129. The Kier molecular flexibility index (Phi) is 3.06. The molecule has 0 bridgehead atoms. The lowest BCUT2D eigenvalue weighted by Crippen LogP contribution is -2.50. The van der Waals surface area contributed by atoms with Crippen LogP contribution in [0.15, 0.2) is 66.8 Å². The van der Waals surface area contributed by atoms with Crippen molar-refractivity contribution >= 4 is 5.91 Å². The first-order chi connectivity index (χ1) is 10.1. The smallest absolute Gasteiger partial charge is 0.267 e. The fourth-order valence-corrected chi connectivity index (χ4v) is 2.07. The highest BCUT2D eigenvalue weighted by Gasteiger charge is 2.42. The van der Waals surface area contributed by atoms with Crippen molar-refractivity contribution in [1.29, 1.82) is 0 Å². The molecule has 0 saturated carbocycles. The first kappa shape index (κ1) is 13.1. The van der Waals surface area contributed by atoms with Crippen molar-refractivity contribution in [1.82, 2.24) is 10.2 Å². The number of primary amides is 1. The van der Waals surface area contributed by atoms with Crippen LogP contribution in [0.1, 0.15) is 6.92 Å². The first-order valence-electron chi connectivity index (χ1n) is 6.43. The zero-order chi connectivity index (χ0) is 14.9. The minimum Gasteiger partial charge on any atom is -0.471 e. The number of para-hydroxylation sites is 1. The highest BCUT2D eigenvalue weighted by Crippen LogP contribution is 2.29. The number of amides is 1. The summed E-state index contributed by atoms with van der Waals surface area (Å²) in [5, 5.41) is 3.08. The van der Waals surface area contributed by atoms with Crippen molar-refractivity contribution < 1.29 is 14.3 Å². The molecular weight excluding hydrogens is 270 g/mol. The normalized spacial score (nSPS) is 18.6. The molecule has 1 amide bonds. The summed E-state index contributed by atoms with van der Waals surface area (Å²) in [5.74, 6) is 0.666. The van der Waals surface area contributed by atoms with Gasteiger partial charge in [0.2, 0.25) is 5.60 Å². The quantitative estimate of drug-likeness (QED) is 0.873. The fraction of sp³-hybridized carbons (Fsp3) is 0.133. The Balaban J connectivity index is 1.91. The topological polar surface area (TPSA) is 76.8 Å². The van der Waals surface area contributed by atoms with E-state index in [2.05, 4.69) is 5.32 Å². The van der Waals surface area contributed by atoms with Gasteiger partial charge in [-0.15, -0.1) is 0 Å². The molecular formula is C15H15N3O3. The molecule has 1 aromatic rings. The summed E-state index contributed by atoms with van der Waals surface area (Å²) in [6, 6.07) is 9.07. The molecule has 0 aromatic heterocycles. The average molecular weight is 285 g/mol. The average Bonchev–Trinajstić information content (AvgIpc) is 2.92. The standard InChI is InChI=1S/C15H15N3O3/c1-15(14(16)19,21-11-5-3-2-4-6-11)12-9-18-7-8-20-10-13(18)17-12/h2-10,17H,1H3,(H2,16,19). The molecule has 0 fully saturated rings. The van der Waals surface area contributed by atoms with E-state index in [1.54, 1.807) is 36.4 Å². The number of fused-ring (bicyclic) bond motifs is 1. The number of carbonyl (C=O) groups is 1. The molecule has 3 rings (SSSR count). The molecule has 1 unspecified atom stereocenters. The van der Waals surface area contributed by atoms with Gasteiger partial charge in [0.25, 0.3) is 5.91 Å². The Bertz CT molecular complexity index is 651. The third kappa shape index (κ3) is 2.31. The molecule has 2 aliphatic heterocycles. The van der Waals surface area contributed by atoms with Crippen LogP contribution in [0.2, 0.25) is 0 Å². The Labute approximate surface area is 122 Å². The number of nitrogens with one attached hydrogen (secondary N) is 1. The second-order valence-electron chi connectivity index (χ2n) is 4.81. The number of benzene rings is 1. The molecule has 0 saturated heterocycles. The molecule has 0 radical (unpaired) electrons. The number of hydrogen-bond acceptors (Lipinski definition) is 5. The van der Waals surface area contributed by atoms with Crippen LogP contribution < -0.4 is 15.8 Å². The van der Waals surface area contributed by atoms with E-state index in [0.29, 0.717) is 17.3 Å². The number of carbonyl (C=O) groups excluding carboxylic acids is 1. The van der Waals surface area contributed by atoms with Crippen LogP contribution in [-0.4, -0.2) is 16.4 Å². The summed E-state index contributed by atoms with van der Waals surface area (Å²) in [6.45, 7) is 1.63. The zero-order valence-corrected chi connectivity index (χ0v) is 11.4. The Morgan fingerprint density at radius 1 is 1.38 bits per heavy atom. The molecule has 21 heavy (non-hydrogen) atoms. The van der Waals surface area contributed by atoms with Gasteiger partial charge >= 0.3 is 0 Å². The van der Waals surface area contributed by atoms with Crippen LogP contribution in [0, 0.1) is 0 Å². The minimum absolute atomic E-state index is 0.542. The van der Waals surface area contributed by atoms with Crippen LogP contribution in [0.5, 0.6) is 5.75 Å². The third-order valence-corrected chi connectivity index (χ3v) is 3.34. The van der Waals surface area contributed by atoms with Gasteiger partial charge in [-0.2, -0.15) is 0 Å². The fourth-order valence-electron chi connectivity index (χ4n) is 2.07. The molecule has 1 aromatic carbocycles. The maximum absolute atomic E-state index is 11.9. The van der Waals surface area contributed by atoms with E-state index in [1.807, 2.05) is 18.2 Å². The van der Waals surface area contributed by atoms with Crippen molar-refractivity contribution in [2.45, 2.75) is 12.5 Å². The van der Waals surface area contributed by atoms with Gasteiger partial charge in [0.1, 0.15) is 18.3 Å². The highest BCUT2D eigenvalue weighted by atomic mass is 16.5. The molecule has 6 nitrogen and oxygen atoms in total. The Morgan fingerprint density at radius 3 is 2.81 bits per heavy atom. The summed E-state index contributed by atoms with van der Waals surface area (Å²) in [6.07, 6.45) is 6.54. The molecule has 2 heterocycles. The predicted molar refractivity (Wildman–Crippen MR) is 76.0 cm³/mol. The Morgan fingerprint density at radius 2 is 2.14 bits per heavy atom. The van der Waals surface area contributed by atoms with Gasteiger partial charge in [0.15, 0.2) is 5.82 Å². The van der Waals surface area contributed by atoms with Gasteiger partial charge in [-0.05, 0) is 19.1 Å². The van der Waals surface area contributed by atoms with Crippen LogP contribution in [-0.2, 0) is 9.53 Å². The van der Waals surface area contributed by atoms with E-state index in [9.17, 15) is 4.79 Å². The van der Waals surface area contributed by atoms with E-state index < -0.39 is 11.5 Å².